The van der Waals surface area contributed by atoms with E-state index in [9.17, 15) is 4.79 Å². The first kappa shape index (κ1) is 14.7. The molecule has 0 aliphatic heterocycles. The molecule has 2 nitrogen and oxygen atoms in total. The highest BCUT2D eigenvalue weighted by molar-refractivity contribution is 7.99. The molecule has 1 atom stereocenters. The van der Waals surface area contributed by atoms with Crippen LogP contribution in [0.3, 0.4) is 0 Å². The number of ketones is 1. The van der Waals surface area contributed by atoms with Crippen LogP contribution in [0.5, 0.6) is 5.75 Å². The van der Waals surface area contributed by atoms with Crippen LogP contribution in [-0.4, -0.2) is 18.1 Å². The Morgan fingerprint density at radius 2 is 1.75 bits per heavy atom. The molecule has 2 rings (SSSR count). The van der Waals surface area contributed by atoms with Crippen molar-refractivity contribution in [3.05, 3.63) is 65.7 Å². The molecule has 104 valence electrons. The molecule has 2 aromatic carbocycles. The van der Waals surface area contributed by atoms with Gasteiger partial charge >= 0.3 is 0 Å². The van der Waals surface area contributed by atoms with Crippen LogP contribution in [0.2, 0.25) is 0 Å². The first-order valence-corrected chi connectivity index (χ1v) is 7.59. The number of hydrogen-bond acceptors (Lipinski definition) is 3. The molecule has 0 radical (unpaired) electrons. The summed E-state index contributed by atoms with van der Waals surface area (Å²) in [5, 5.41) is -0.0522. The van der Waals surface area contributed by atoms with Gasteiger partial charge in [-0.2, -0.15) is 0 Å². The average molecular weight is 286 g/mol. The van der Waals surface area contributed by atoms with Gasteiger partial charge in [0.25, 0.3) is 0 Å². The lowest BCUT2D eigenvalue weighted by atomic mass is 10.1. The topological polar surface area (TPSA) is 26.3 Å². The van der Waals surface area contributed by atoms with Crippen LogP contribution in [0, 0.1) is 0 Å². The maximum absolute atomic E-state index is 12.3. The molecule has 0 spiro atoms. The van der Waals surface area contributed by atoms with Crippen molar-refractivity contribution in [1.82, 2.24) is 0 Å². The highest BCUT2D eigenvalue weighted by Crippen LogP contribution is 2.22. The normalized spacial score (nSPS) is 11.9. The van der Waals surface area contributed by atoms with E-state index in [0.29, 0.717) is 0 Å². The minimum absolute atomic E-state index is 0.0522. The zero-order chi connectivity index (χ0) is 14.4. The van der Waals surface area contributed by atoms with E-state index in [1.54, 1.807) is 18.9 Å². The van der Waals surface area contributed by atoms with Crippen LogP contribution >= 0.6 is 11.8 Å². The molecular formula is C17H18O2S. The third-order valence-corrected chi connectivity index (χ3v) is 4.30. The quantitative estimate of drug-likeness (QED) is 0.744. The van der Waals surface area contributed by atoms with Gasteiger partial charge in [-0.1, -0.05) is 30.3 Å². The van der Waals surface area contributed by atoms with Crippen molar-refractivity contribution in [3.63, 3.8) is 0 Å². The summed E-state index contributed by atoms with van der Waals surface area (Å²) >= 11 is 1.66. The maximum Gasteiger partial charge on any atom is 0.175 e. The van der Waals surface area contributed by atoms with Gasteiger partial charge in [-0.25, -0.2) is 0 Å². The predicted octanol–water partition coefficient (Wildman–Crippen LogP) is 4.20. The Kier molecular flexibility index (Phi) is 5.24. The summed E-state index contributed by atoms with van der Waals surface area (Å²) < 4.78 is 5.10. The molecule has 3 heteroatoms. The summed E-state index contributed by atoms with van der Waals surface area (Å²) in [6.45, 7) is 1.96. The Balaban J connectivity index is 1.94. The highest BCUT2D eigenvalue weighted by Gasteiger charge is 2.15. The zero-order valence-electron chi connectivity index (χ0n) is 11.7. The van der Waals surface area contributed by atoms with Gasteiger partial charge in [-0.05, 0) is 36.8 Å². The molecule has 0 aliphatic carbocycles. The van der Waals surface area contributed by atoms with Crippen molar-refractivity contribution in [2.45, 2.75) is 17.9 Å². The molecule has 0 fully saturated rings. The average Bonchev–Trinajstić information content (AvgIpc) is 2.53. The van der Waals surface area contributed by atoms with Crippen molar-refractivity contribution in [2.24, 2.45) is 0 Å². The summed E-state index contributed by atoms with van der Waals surface area (Å²) in [6.07, 6.45) is 0. The summed E-state index contributed by atoms with van der Waals surface area (Å²) in [5.74, 6) is 1.78. The number of benzene rings is 2. The molecule has 0 saturated carbocycles. The Morgan fingerprint density at radius 1 is 1.10 bits per heavy atom. The van der Waals surface area contributed by atoms with Gasteiger partial charge < -0.3 is 4.74 Å². The van der Waals surface area contributed by atoms with Gasteiger partial charge in [0.2, 0.25) is 0 Å². The van der Waals surface area contributed by atoms with E-state index in [0.717, 1.165) is 17.1 Å². The van der Waals surface area contributed by atoms with E-state index in [-0.39, 0.29) is 11.0 Å². The monoisotopic (exact) mass is 286 g/mol. The second-order valence-electron chi connectivity index (χ2n) is 4.53. The molecule has 20 heavy (non-hydrogen) atoms. The zero-order valence-corrected chi connectivity index (χ0v) is 12.5. The SMILES string of the molecule is COc1ccc(C(=O)C(C)SCc2ccccc2)cc1. The third-order valence-electron chi connectivity index (χ3n) is 3.09. The molecule has 0 heterocycles. The molecular weight excluding hydrogens is 268 g/mol. The van der Waals surface area contributed by atoms with Crippen LogP contribution < -0.4 is 4.74 Å². The number of ether oxygens (including phenoxy) is 1. The Morgan fingerprint density at radius 3 is 2.35 bits per heavy atom. The lowest BCUT2D eigenvalue weighted by Crippen LogP contribution is -2.13. The Bertz CT molecular complexity index is 549. The fraction of sp³-hybridized carbons (Fsp3) is 0.235. The maximum atomic E-state index is 12.3. The fourth-order valence-corrected chi connectivity index (χ4v) is 2.78. The highest BCUT2D eigenvalue weighted by atomic mass is 32.2. The lowest BCUT2D eigenvalue weighted by Gasteiger charge is -2.10. The molecule has 2 aromatic rings. The molecule has 0 aliphatic rings. The van der Waals surface area contributed by atoms with Crippen molar-refractivity contribution in [3.8, 4) is 5.75 Å². The first-order valence-electron chi connectivity index (χ1n) is 6.54. The van der Waals surface area contributed by atoms with Gasteiger partial charge in [-0.3, -0.25) is 4.79 Å². The number of carbonyl (C=O) groups excluding carboxylic acids is 1. The van der Waals surface area contributed by atoms with Crippen LogP contribution in [0.25, 0.3) is 0 Å². The molecule has 0 aromatic heterocycles. The second-order valence-corrected chi connectivity index (χ2v) is 5.86. The summed E-state index contributed by atoms with van der Waals surface area (Å²) in [7, 11) is 1.62. The smallest absolute Gasteiger partial charge is 0.175 e. The number of hydrogen-bond donors (Lipinski definition) is 0. The van der Waals surface area contributed by atoms with Gasteiger partial charge in [0.05, 0.1) is 12.4 Å². The van der Waals surface area contributed by atoms with Crippen molar-refractivity contribution in [2.75, 3.05) is 7.11 Å². The van der Waals surface area contributed by atoms with Crippen LogP contribution in [-0.2, 0) is 5.75 Å². The van der Waals surface area contributed by atoms with E-state index >= 15 is 0 Å². The van der Waals surface area contributed by atoms with E-state index < -0.39 is 0 Å². The predicted molar refractivity (Wildman–Crippen MR) is 84.5 cm³/mol. The van der Waals surface area contributed by atoms with Crippen LogP contribution in [0.1, 0.15) is 22.8 Å². The van der Waals surface area contributed by atoms with Gasteiger partial charge in [0.1, 0.15) is 5.75 Å². The third kappa shape index (κ3) is 3.87. The standard InChI is InChI=1S/C17H18O2S/c1-13(20-12-14-6-4-3-5-7-14)17(18)15-8-10-16(19-2)11-9-15/h3-11,13H,12H2,1-2H3. The van der Waals surface area contributed by atoms with Crippen LogP contribution in [0.15, 0.2) is 54.6 Å². The number of rotatable bonds is 6. The first-order chi connectivity index (χ1) is 9.70. The Labute approximate surface area is 124 Å². The van der Waals surface area contributed by atoms with E-state index in [1.807, 2.05) is 49.4 Å². The largest absolute Gasteiger partial charge is 0.497 e. The molecule has 0 amide bonds. The number of thioether (sulfide) groups is 1. The van der Waals surface area contributed by atoms with Gasteiger partial charge in [0, 0.05) is 11.3 Å². The summed E-state index contributed by atoms with van der Waals surface area (Å²) in [6, 6.07) is 17.5. The fourth-order valence-electron chi connectivity index (χ4n) is 1.86. The van der Waals surface area contributed by atoms with E-state index in [1.165, 1.54) is 5.56 Å². The minimum Gasteiger partial charge on any atom is -0.497 e. The van der Waals surface area contributed by atoms with E-state index in [2.05, 4.69) is 12.1 Å². The van der Waals surface area contributed by atoms with Crippen molar-refractivity contribution < 1.29 is 9.53 Å². The number of carbonyl (C=O) groups is 1. The van der Waals surface area contributed by atoms with Crippen LogP contribution in [0.4, 0.5) is 0 Å². The molecule has 0 bridgehead atoms. The van der Waals surface area contributed by atoms with Gasteiger partial charge in [0.15, 0.2) is 5.78 Å². The van der Waals surface area contributed by atoms with Crippen molar-refractivity contribution >= 4 is 17.5 Å². The number of Topliss-reactive ketones (excluding diaryl/α,β-unsaturated/α-hetero) is 1. The summed E-state index contributed by atoms with van der Waals surface area (Å²) in [4.78, 5) is 12.3. The lowest BCUT2D eigenvalue weighted by molar-refractivity contribution is 0.0994. The van der Waals surface area contributed by atoms with E-state index in [4.69, 9.17) is 4.74 Å². The van der Waals surface area contributed by atoms with Gasteiger partial charge in [-0.15, -0.1) is 11.8 Å². The molecule has 1 unspecified atom stereocenters. The summed E-state index contributed by atoms with van der Waals surface area (Å²) in [5.41, 5.74) is 1.98. The molecule has 0 saturated heterocycles. The minimum atomic E-state index is -0.0522. The number of methoxy groups -OCH3 is 1. The van der Waals surface area contributed by atoms with Crippen molar-refractivity contribution in [1.29, 1.82) is 0 Å². The second kappa shape index (κ2) is 7.15. The Hall–Kier alpha value is -1.74. The molecule has 0 N–H and O–H groups in total.